The number of aryl methyl sites for hydroxylation is 1. The minimum absolute atomic E-state index is 0.284. The average molecular weight is 295 g/mol. The Balaban J connectivity index is 2.04. The number of aromatic nitrogens is 1. The molecule has 1 amide bonds. The Morgan fingerprint density at radius 1 is 1.36 bits per heavy atom. The van der Waals surface area contributed by atoms with Crippen molar-refractivity contribution < 1.29 is 14.0 Å². The minimum Gasteiger partial charge on any atom is -0.462 e. The maximum Gasteiger partial charge on any atom is 0.250 e. The lowest BCUT2D eigenvalue weighted by molar-refractivity contribution is -0.126. The van der Waals surface area contributed by atoms with E-state index in [9.17, 15) is 9.59 Å². The lowest BCUT2D eigenvalue weighted by Crippen LogP contribution is -2.27. The van der Waals surface area contributed by atoms with Gasteiger partial charge in [-0.1, -0.05) is 6.07 Å². The number of ketones is 1. The number of hydrogen-bond donors (Lipinski definition) is 1. The molecule has 2 aromatic rings. The Labute approximate surface area is 127 Å². The van der Waals surface area contributed by atoms with Crippen LogP contribution < -0.4 is 5.32 Å². The molecule has 6 heteroatoms. The third-order valence-corrected chi connectivity index (χ3v) is 2.76. The van der Waals surface area contributed by atoms with Gasteiger partial charge in [-0.05, 0) is 43.3 Å². The van der Waals surface area contributed by atoms with Gasteiger partial charge in [0, 0.05) is 6.20 Å². The number of hydrogen-bond acceptors (Lipinski definition) is 5. The first-order valence-electron chi connectivity index (χ1n) is 6.50. The van der Waals surface area contributed by atoms with Crippen molar-refractivity contribution in [1.82, 2.24) is 4.98 Å². The van der Waals surface area contributed by atoms with Crippen LogP contribution in [0.4, 0.5) is 5.82 Å². The summed E-state index contributed by atoms with van der Waals surface area (Å²) in [4.78, 5) is 27.8. The van der Waals surface area contributed by atoms with E-state index >= 15 is 0 Å². The van der Waals surface area contributed by atoms with Gasteiger partial charge in [-0.15, -0.1) is 0 Å². The fourth-order valence-electron chi connectivity index (χ4n) is 1.69. The molecule has 2 heterocycles. The van der Waals surface area contributed by atoms with Crippen molar-refractivity contribution in [2.45, 2.75) is 6.92 Å². The number of nitrogens with one attached hydrogen (secondary N) is 1. The van der Waals surface area contributed by atoms with Crippen LogP contribution in [0.15, 0.2) is 47.0 Å². The normalized spacial score (nSPS) is 11.8. The molecule has 0 saturated heterocycles. The van der Waals surface area contributed by atoms with Gasteiger partial charge in [-0.2, -0.15) is 5.26 Å². The quantitative estimate of drug-likeness (QED) is 0.674. The molecule has 0 fully saturated rings. The Morgan fingerprint density at radius 3 is 2.77 bits per heavy atom. The van der Waals surface area contributed by atoms with E-state index in [1.807, 2.05) is 0 Å². The number of amides is 1. The molecule has 0 aliphatic rings. The van der Waals surface area contributed by atoms with Crippen LogP contribution >= 0.6 is 0 Å². The van der Waals surface area contributed by atoms with E-state index in [1.54, 1.807) is 43.3 Å². The number of anilines is 1. The molecule has 0 aliphatic heterocycles. The number of nitrogens with zero attached hydrogens (tertiary/aromatic N) is 2. The highest BCUT2D eigenvalue weighted by molar-refractivity contribution is 6.13. The SMILES string of the molecule is Cc1ccc(/C=C/C(=O)C(C#N)C(=O)Nc2ccccn2)o1. The van der Waals surface area contributed by atoms with Crippen LogP contribution in [-0.4, -0.2) is 16.7 Å². The van der Waals surface area contributed by atoms with E-state index in [4.69, 9.17) is 9.68 Å². The number of allylic oxidation sites excluding steroid dienone is 1. The maximum absolute atomic E-state index is 12.0. The van der Waals surface area contributed by atoms with Crippen molar-refractivity contribution in [1.29, 1.82) is 5.26 Å². The summed E-state index contributed by atoms with van der Waals surface area (Å²) in [5, 5.41) is 11.5. The van der Waals surface area contributed by atoms with Crippen LogP contribution in [0.25, 0.3) is 6.08 Å². The number of nitriles is 1. The molecular formula is C16H13N3O3. The Bertz CT molecular complexity index is 741. The van der Waals surface area contributed by atoms with E-state index in [1.165, 1.54) is 12.3 Å². The predicted molar refractivity (Wildman–Crippen MR) is 79.5 cm³/mol. The van der Waals surface area contributed by atoms with E-state index in [-0.39, 0.29) is 5.82 Å². The Morgan fingerprint density at radius 2 is 2.18 bits per heavy atom. The van der Waals surface area contributed by atoms with Gasteiger partial charge >= 0.3 is 0 Å². The predicted octanol–water partition coefficient (Wildman–Crippen LogP) is 2.34. The van der Waals surface area contributed by atoms with Crippen LogP contribution in [-0.2, 0) is 9.59 Å². The molecule has 0 bridgehead atoms. The highest BCUT2D eigenvalue weighted by Gasteiger charge is 2.24. The smallest absolute Gasteiger partial charge is 0.250 e. The molecule has 0 aromatic carbocycles. The molecule has 1 N–H and O–H groups in total. The largest absolute Gasteiger partial charge is 0.462 e. The topological polar surface area (TPSA) is 96.0 Å². The zero-order valence-corrected chi connectivity index (χ0v) is 11.8. The van der Waals surface area contributed by atoms with E-state index in [0.717, 1.165) is 6.08 Å². The first-order valence-corrected chi connectivity index (χ1v) is 6.50. The third kappa shape index (κ3) is 3.90. The molecular weight excluding hydrogens is 282 g/mol. The molecule has 0 aliphatic carbocycles. The summed E-state index contributed by atoms with van der Waals surface area (Å²) < 4.78 is 5.27. The molecule has 1 unspecified atom stereocenters. The molecule has 0 spiro atoms. The maximum atomic E-state index is 12.0. The summed E-state index contributed by atoms with van der Waals surface area (Å²) in [6.45, 7) is 1.78. The van der Waals surface area contributed by atoms with Crippen molar-refractivity contribution >= 4 is 23.6 Å². The van der Waals surface area contributed by atoms with Crippen molar-refractivity contribution in [2.75, 3.05) is 5.32 Å². The monoisotopic (exact) mass is 295 g/mol. The van der Waals surface area contributed by atoms with Gasteiger partial charge in [0.1, 0.15) is 17.3 Å². The molecule has 110 valence electrons. The fourth-order valence-corrected chi connectivity index (χ4v) is 1.69. The van der Waals surface area contributed by atoms with Crippen molar-refractivity contribution in [3.05, 3.63) is 54.1 Å². The van der Waals surface area contributed by atoms with Crippen LogP contribution in [0, 0.1) is 24.2 Å². The first kappa shape index (κ1) is 15.2. The second-order valence-electron chi connectivity index (χ2n) is 4.45. The fraction of sp³-hybridized carbons (Fsp3) is 0.125. The van der Waals surface area contributed by atoms with E-state index in [2.05, 4.69) is 10.3 Å². The second-order valence-corrected chi connectivity index (χ2v) is 4.45. The lowest BCUT2D eigenvalue weighted by Gasteiger charge is -2.06. The highest BCUT2D eigenvalue weighted by atomic mass is 16.3. The van der Waals surface area contributed by atoms with Gasteiger partial charge in [0.05, 0.1) is 6.07 Å². The lowest BCUT2D eigenvalue weighted by atomic mass is 10.0. The number of pyridine rings is 1. The van der Waals surface area contributed by atoms with Crippen molar-refractivity contribution in [3.8, 4) is 6.07 Å². The summed E-state index contributed by atoms with van der Waals surface area (Å²) in [5.41, 5.74) is 0. The molecule has 0 saturated carbocycles. The third-order valence-electron chi connectivity index (χ3n) is 2.76. The standard InChI is InChI=1S/C16H13N3O3/c1-11-5-6-12(22-11)7-8-14(20)13(10-17)16(21)19-15-4-2-3-9-18-15/h2-9,13H,1H3,(H,18,19,21)/b8-7+. The zero-order chi connectivity index (χ0) is 15.9. The van der Waals surface area contributed by atoms with E-state index < -0.39 is 17.6 Å². The minimum atomic E-state index is -1.44. The first-order chi connectivity index (χ1) is 10.6. The number of furan rings is 1. The van der Waals surface area contributed by atoms with Crippen LogP contribution in [0.2, 0.25) is 0 Å². The van der Waals surface area contributed by atoms with Gasteiger partial charge in [-0.3, -0.25) is 9.59 Å². The summed E-state index contributed by atoms with van der Waals surface area (Å²) in [6, 6.07) is 10.1. The molecule has 1 atom stereocenters. The summed E-state index contributed by atoms with van der Waals surface area (Å²) in [6.07, 6.45) is 4.08. The Kier molecular flexibility index (Phi) is 4.83. The number of carbonyl (C=O) groups is 2. The van der Waals surface area contributed by atoms with Crippen molar-refractivity contribution in [3.63, 3.8) is 0 Å². The summed E-state index contributed by atoms with van der Waals surface area (Å²) >= 11 is 0. The van der Waals surface area contributed by atoms with Crippen LogP contribution in [0.3, 0.4) is 0 Å². The van der Waals surface area contributed by atoms with Crippen LogP contribution in [0.5, 0.6) is 0 Å². The van der Waals surface area contributed by atoms with Gasteiger partial charge in [0.25, 0.3) is 5.91 Å². The second kappa shape index (κ2) is 6.99. The van der Waals surface area contributed by atoms with Gasteiger partial charge in [0.15, 0.2) is 11.7 Å². The van der Waals surface area contributed by atoms with Gasteiger partial charge in [-0.25, -0.2) is 4.98 Å². The molecule has 0 radical (unpaired) electrons. The van der Waals surface area contributed by atoms with Gasteiger partial charge in [0.2, 0.25) is 0 Å². The Hall–Kier alpha value is -3.20. The summed E-state index contributed by atoms with van der Waals surface area (Å²) in [5.74, 6) is -1.30. The average Bonchev–Trinajstić information content (AvgIpc) is 2.92. The van der Waals surface area contributed by atoms with Gasteiger partial charge < -0.3 is 9.73 Å². The van der Waals surface area contributed by atoms with Crippen molar-refractivity contribution in [2.24, 2.45) is 5.92 Å². The van der Waals surface area contributed by atoms with Crippen LogP contribution in [0.1, 0.15) is 11.5 Å². The molecule has 22 heavy (non-hydrogen) atoms. The molecule has 2 rings (SSSR count). The summed E-state index contributed by atoms with van der Waals surface area (Å²) in [7, 11) is 0. The molecule has 6 nitrogen and oxygen atoms in total. The molecule has 2 aromatic heterocycles. The number of rotatable bonds is 5. The zero-order valence-electron chi connectivity index (χ0n) is 11.8. The van der Waals surface area contributed by atoms with E-state index in [0.29, 0.717) is 11.5 Å². The highest BCUT2D eigenvalue weighted by Crippen LogP contribution is 2.10. The number of carbonyl (C=O) groups excluding carboxylic acids is 2.